The summed E-state index contributed by atoms with van der Waals surface area (Å²) in [6.07, 6.45) is 0.586. The Bertz CT molecular complexity index is 508. The van der Waals surface area contributed by atoms with Gasteiger partial charge in [0.15, 0.2) is 5.60 Å². The molecule has 0 heterocycles. The molecule has 1 aliphatic carbocycles. The van der Waals surface area contributed by atoms with Crippen LogP contribution in [0.4, 0.5) is 0 Å². The van der Waals surface area contributed by atoms with Gasteiger partial charge in [-0.15, -0.1) is 0 Å². The zero-order chi connectivity index (χ0) is 14.8. The highest BCUT2D eigenvalue weighted by Crippen LogP contribution is 2.40. The topological polar surface area (TPSA) is 72.8 Å². The largest absolute Gasteiger partial charge is 0.497 e. The number of rotatable bonds is 3. The number of aliphatic hydroxyl groups is 1. The van der Waals surface area contributed by atoms with Crippen molar-refractivity contribution in [3.05, 3.63) is 29.8 Å². The van der Waals surface area contributed by atoms with Crippen LogP contribution in [0, 0.1) is 0 Å². The van der Waals surface area contributed by atoms with Crippen LogP contribution in [-0.4, -0.2) is 36.7 Å². The molecule has 2 atom stereocenters. The van der Waals surface area contributed by atoms with E-state index in [1.54, 1.807) is 31.4 Å². The van der Waals surface area contributed by atoms with Crippen LogP contribution in [0.1, 0.15) is 30.7 Å². The zero-order valence-electron chi connectivity index (χ0n) is 11.6. The summed E-state index contributed by atoms with van der Waals surface area (Å²) in [6, 6.07) is 7.13. The molecule has 1 aromatic rings. The van der Waals surface area contributed by atoms with Crippen molar-refractivity contribution in [3.63, 3.8) is 0 Å². The van der Waals surface area contributed by atoms with Gasteiger partial charge in [-0.2, -0.15) is 0 Å². The molecule has 2 rings (SSSR count). The van der Waals surface area contributed by atoms with Crippen LogP contribution >= 0.6 is 0 Å². The van der Waals surface area contributed by atoms with Gasteiger partial charge < -0.3 is 14.6 Å². The standard InChI is InChI=1S/C15H18O5/c1-19-12-6-3-10(4-7-12)13-8-5-11(16)9-15(13,18)14(17)20-2/h3-4,6-7,13,18H,5,8-9H2,1-2H3. The third-order valence-electron chi connectivity index (χ3n) is 3.81. The highest BCUT2D eigenvalue weighted by molar-refractivity contribution is 5.91. The third-order valence-corrected chi connectivity index (χ3v) is 3.81. The minimum absolute atomic E-state index is 0.123. The molecular weight excluding hydrogens is 260 g/mol. The molecule has 5 nitrogen and oxygen atoms in total. The summed E-state index contributed by atoms with van der Waals surface area (Å²) in [5, 5.41) is 10.6. The summed E-state index contributed by atoms with van der Waals surface area (Å²) in [4.78, 5) is 23.5. The van der Waals surface area contributed by atoms with E-state index >= 15 is 0 Å². The molecule has 1 aromatic carbocycles. The molecule has 108 valence electrons. The first-order valence-corrected chi connectivity index (χ1v) is 6.47. The molecule has 20 heavy (non-hydrogen) atoms. The SMILES string of the molecule is COC(=O)C1(O)CC(=O)CCC1c1ccc(OC)cc1. The van der Waals surface area contributed by atoms with E-state index in [0.29, 0.717) is 18.6 Å². The van der Waals surface area contributed by atoms with Gasteiger partial charge in [-0.05, 0) is 24.1 Å². The predicted molar refractivity (Wildman–Crippen MR) is 71.6 cm³/mol. The van der Waals surface area contributed by atoms with Gasteiger partial charge in [-0.25, -0.2) is 4.79 Å². The first-order chi connectivity index (χ1) is 9.51. The van der Waals surface area contributed by atoms with Gasteiger partial charge in [0, 0.05) is 18.8 Å². The Morgan fingerprint density at radius 3 is 2.50 bits per heavy atom. The summed E-state index contributed by atoms with van der Waals surface area (Å²) in [5.74, 6) is -0.630. The lowest BCUT2D eigenvalue weighted by atomic mass is 9.71. The van der Waals surface area contributed by atoms with Crippen molar-refractivity contribution >= 4 is 11.8 Å². The smallest absolute Gasteiger partial charge is 0.338 e. The molecule has 1 fully saturated rings. The molecule has 0 aromatic heterocycles. The summed E-state index contributed by atoms with van der Waals surface area (Å²) < 4.78 is 9.76. The fourth-order valence-electron chi connectivity index (χ4n) is 2.73. The van der Waals surface area contributed by atoms with Crippen molar-refractivity contribution in [2.45, 2.75) is 30.8 Å². The Labute approximate surface area is 117 Å². The first kappa shape index (κ1) is 14.5. The van der Waals surface area contributed by atoms with Gasteiger partial charge in [0.25, 0.3) is 0 Å². The van der Waals surface area contributed by atoms with Gasteiger partial charge in [0.05, 0.1) is 14.2 Å². The number of Topliss-reactive ketones (excluding diaryl/α,β-unsaturated/α-hetero) is 1. The number of carbonyl (C=O) groups excluding carboxylic acids is 2. The van der Waals surface area contributed by atoms with Crippen molar-refractivity contribution in [1.82, 2.24) is 0 Å². The second-order valence-corrected chi connectivity index (χ2v) is 5.00. The number of benzene rings is 1. The number of methoxy groups -OCH3 is 2. The van der Waals surface area contributed by atoms with Crippen LogP contribution in [0.3, 0.4) is 0 Å². The van der Waals surface area contributed by atoms with Gasteiger partial charge in [-0.3, -0.25) is 4.79 Å². The summed E-state index contributed by atoms with van der Waals surface area (Å²) in [5.41, 5.74) is -0.982. The lowest BCUT2D eigenvalue weighted by Gasteiger charge is -2.37. The molecular formula is C15H18O5. The van der Waals surface area contributed by atoms with Crippen molar-refractivity contribution in [2.24, 2.45) is 0 Å². The fourth-order valence-corrected chi connectivity index (χ4v) is 2.73. The minimum Gasteiger partial charge on any atom is -0.497 e. The highest BCUT2D eigenvalue weighted by Gasteiger charge is 2.49. The Hall–Kier alpha value is -1.88. The zero-order valence-corrected chi connectivity index (χ0v) is 11.6. The molecule has 0 aliphatic heterocycles. The van der Waals surface area contributed by atoms with E-state index in [4.69, 9.17) is 4.74 Å². The van der Waals surface area contributed by atoms with E-state index < -0.39 is 17.5 Å². The number of hydrogen-bond donors (Lipinski definition) is 1. The van der Waals surface area contributed by atoms with Crippen LogP contribution in [0.25, 0.3) is 0 Å². The number of hydrogen-bond acceptors (Lipinski definition) is 5. The van der Waals surface area contributed by atoms with E-state index in [-0.39, 0.29) is 12.2 Å². The lowest BCUT2D eigenvalue weighted by molar-refractivity contribution is -0.170. The number of carbonyl (C=O) groups is 2. The third kappa shape index (κ3) is 2.54. The highest BCUT2D eigenvalue weighted by atomic mass is 16.5. The van der Waals surface area contributed by atoms with Gasteiger partial charge in [-0.1, -0.05) is 12.1 Å². The van der Waals surface area contributed by atoms with E-state index in [0.717, 1.165) is 5.56 Å². The van der Waals surface area contributed by atoms with E-state index in [1.807, 2.05) is 0 Å². The maximum atomic E-state index is 11.9. The van der Waals surface area contributed by atoms with Gasteiger partial charge >= 0.3 is 5.97 Å². The number of esters is 1. The summed E-state index contributed by atoms with van der Waals surface area (Å²) in [7, 11) is 2.78. The predicted octanol–water partition coefficient (Wildman–Crippen LogP) is 1.44. The molecule has 0 bridgehead atoms. The average Bonchev–Trinajstić information content (AvgIpc) is 2.46. The average molecular weight is 278 g/mol. The van der Waals surface area contributed by atoms with Gasteiger partial charge in [0.2, 0.25) is 0 Å². The molecule has 0 radical (unpaired) electrons. The van der Waals surface area contributed by atoms with Gasteiger partial charge in [0.1, 0.15) is 11.5 Å². The van der Waals surface area contributed by atoms with Crippen LogP contribution < -0.4 is 4.74 Å². The van der Waals surface area contributed by atoms with Crippen molar-refractivity contribution in [2.75, 3.05) is 14.2 Å². The molecule has 2 unspecified atom stereocenters. The summed E-state index contributed by atoms with van der Waals surface area (Å²) in [6.45, 7) is 0. The van der Waals surface area contributed by atoms with Crippen LogP contribution in [-0.2, 0) is 14.3 Å². The molecule has 1 aliphatic rings. The normalized spacial score (nSPS) is 26.1. The van der Waals surface area contributed by atoms with E-state index in [2.05, 4.69) is 4.74 Å². The van der Waals surface area contributed by atoms with Crippen molar-refractivity contribution in [1.29, 1.82) is 0 Å². The minimum atomic E-state index is -1.78. The number of ketones is 1. The fraction of sp³-hybridized carbons (Fsp3) is 0.467. The Morgan fingerprint density at radius 2 is 1.95 bits per heavy atom. The van der Waals surface area contributed by atoms with Crippen molar-refractivity contribution in [3.8, 4) is 5.75 Å². The molecule has 0 saturated heterocycles. The monoisotopic (exact) mass is 278 g/mol. The Kier molecular flexibility index (Phi) is 4.09. The Morgan fingerprint density at radius 1 is 1.30 bits per heavy atom. The maximum absolute atomic E-state index is 11.9. The van der Waals surface area contributed by atoms with E-state index in [1.165, 1.54) is 7.11 Å². The summed E-state index contributed by atoms with van der Waals surface area (Å²) >= 11 is 0. The quantitative estimate of drug-likeness (QED) is 0.847. The Balaban J connectivity index is 2.35. The molecule has 0 spiro atoms. The maximum Gasteiger partial charge on any atom is 0.338 e. The van der Waals surface area contributed by atoms with Crippen LogP contribution in [0.15, 0.2) is 24.3 Å². The van der Waals surface area contributed by atoms with Crippen LogP contribution in [0.2, 0.25) is 0 Å². The first-order valence-electron chi connectivity index (χ1n) is 6.47. The molecule has 0 amide bonds. The number of ether oxygens (including phenoxy) is 2. The molecule has 1 saturated carbocycles. The van der Waals surface area contributed by atoms with E-state index in [9.17, 15) is 14.7 Å². The lowest BCUT2D eigenvalue weighted by Crippen LogP contribution is -2.49. The van der Waals surface area contributed by atoms with Crippen molar-refractivity contribution < 1.29 is 24.2 Å². The van der Waals surface area contributed by atoms with Crippen LogP contribution in [0.5, 0.6) is 5.75 Å². The second kappa shape index (κ2) is 5.63. The molecule has 1 N–H and O–H groups in total. The molecule has 5 heteroatoms. The second-order valence-electron chi connectivity index (χ2n) is 5.00.